The predicted molar refractivity (Wildman–Crippen MR) is 63.5 cm³/mol. The van der Waals surface area contributed by atoms with E-state index in [-0.39, 0.29) is 0 Å². The van der Waals surface area contributed by atoms with Crippen molar-refractivity contribution in [2.45, 2.75) is 6.54 Å². The molecule has 0 bridgehead atoms. The first-order valence-electron chi connectivity index (χ1n) is 4.88. The summed E-state index contributed by atoms with van der Waals surface area (Å²) in [5, 5.41) is 6.79. The molecular weight excluding hydrogens is 222 g/mol. The van der Waals surface area contributed by atoms with E-state index in [0.717, 1.165) is 17.2 Å². The van der Waals surface area contributed by atoms with Crippen molar-refractivity contribution in [3.63, 3.8) is 0 Å². The average Bonchev–Trinajstić information content (AvgIpc) is 2.72. The van der Waals surface area contributed by atoms with Crippen LogP contribution in [0.15, 0.2) is 35.3 Å². The molecule has 0 saturated heterocycles. The first-order chi connectivity index (χ1) is 7.84. The van der Waals surface area contributed by atoms with Gasteiger partial charge in [-0.25, -0.2) is 4.68 Å². The van der Waals surface area contributed by atoms with Crippen LogP contribution < -0.4 is 5.43 Å². The van der Waals surface area contributed by atoms with Crippen molar-refractivity contribution in [2.24, 2.45) is 4.99 Å². The van der Waals surface area contributed by atoms with Crippen molar-refractivity contribution in [2.75, 3.05) is 5.43 Å². The van der Waals surface area contributed by atoms with Gasteiger partial charge in [-0.15, -0.1) is 0 Å². The monoisotopic (exact) mass is 231 g/mol. The molecule has 6 heteroatoms. The van der Waals surface area contributed by atoms with E-state index in [1.165, 1.54) is 0 Å². The Morgan fingerprint density at radius 1 is 1.25 bits per heavy atom. The summed E-state index contributed by atoms with van der Waals surface area (Å²) in [5.74, 6) is 1.61. The summed E-state index contributed by atoms with van der Waals surface area (Å²) < 4.78 is 2.29. The van der Waals surface area contributed by atoms with Gasteiger partial charge in [0, 0.05) is 5.56 Å². The molecule has 1 aliphatic rings. The predicted octanol–water partition coefficient (Wildman–Crippen LogP) is 1.44. The Kier molecular flexibility index (Phi) is 2.07. The lowest BCUT2D eigenvalue weighted by atomic mass is 10.2. The molecule has 0 saturated carbocycles. The van der Waals surface area contributed by atoms with E-state index in [1.807, 2.05) is 30.3 Å². The van der Waals surface area contributed by atoms with Crippen molar-refractivity contribution in [1.82, 2.24) is 14.9 Å². The van der Waals surface area contributed by atoms with Crippen molar-refractivity contribution in [1.29, 1.82) is 0 Å². The number of fused-ring (bicyclic) bond motifs is 1. The van der Waals surface area contributed by atoms with Crippen LogP contribution in [0.5, 0.6) is 0 Å². The molecule has 5 nitrogen and oxygen atoms in total. The van der Waals surface area contributed by atoms with E-state index in [1.54, 1.807) is 4.68 Å². The van der Waals surface area contributed by atoms with E-state index in [4.69, 9.17) is 12.2 Å². The molecular formula is C10H9N5S. The zero-order chi connectivity index (χ0) is 11.0. The topological polar surface area (TPSA) is 58.0 Å². The molecule has 3 rings (SSSR count). The highest BCUT2D eigenvalue weighted by molar-refractivity contribution is 7.71. The van der Waals surface area contributed by atoms with Crippen LogP contribution in [-0.2, 0) is 6.54 Å². The number of benzene rings is 1. The molecule has 0 amide bonds. The van der Waals surface area contributed by atoms with Crippen molar-refractivity contribution in [3.8, 4) is 0 Å². The Balaban J connectivity index is 2.00. The Morgan fingerprint density at radius 3 is 2.88 bits per heavy atom. The number of hydrogen-bond acceptors (Lipinski definition) is 4. The van der Waals surface area contributed by atoms with E-state index in [9.17, 15) is 0 Å². The number of hydrogen-bond donors (Lipinski definition) is 2. The SMILES string of the molecule is S=c1[nH]nc2n1NC(c1ccccc1)=NC2. The molecule has 2 N–H and O–H groups in total. The number of aromatic amines is 1. The quantitative estimate of drug-likeness (QED) is 0.730. The molecule has 1 aromatic heterocycles. The second-order valence-corrected chi connectivity index (χ2v) is 3.81. The molecule has 1 aromatic carbocycles. The Morgan fingerprint density at radius 2 is 2.06 bits per heavy atom. The summed E-state index contributed by atoms with van der Waals surface area (Å²) in [6.07, 6.45) is 0. The third-order valence-corrected chi connectivity index (χ3v) is 2.66. The standard InChI is InChI=1S/C10H9N5S/c16-10-13-12-8-6-11-9(14-15(8)10)7-4-2-1-3-5-7/h1-5H,6H2,(H,11,14)(H,13,16). The third kappa shape index (κ3) is 1.43. The number of nitrogens with zero attached hydrogens (tertiary/aromatic N) is 3. The fraction of sp³-hybridized carbons (Fsp3) is 0.100. The number of aliphatic imine (C=N–C) groups is 1. The fourth-order valence-electron chi connectivity index (χ4n) is 1.59. The lowest BCUT2D eigenvalue weighted by Gasteiger charge is -2.16. The molecule has 0 atom stereocenters. The highest BCUT2D eigenvalue weighted by Gasteiger charge is 2.14. The molecule has 2 heterocycles. The molecule has 0 unspecified atom stereocenters. The minimum absolute atomic E-state index is 0.532. The van der Waals surface area contributed by atoms with E-state index >= 15 is 0 Å². The summed E-state index contributed by atoms with van der Waals surface area (Å²) in [4.78, 5) is 4.41. The van der Waals surface area contributed by atoms with Crippen LogP contribution in [0.2, 0.25) is 0 Å². The van der Waals surface area contributed by atoms with Crippen LogP contribution in [0.4, 0.5) is 0 Å². The molecule has 0 aliphatic carbocycles. The fourth-order valence-corrected chi connectivity index (χ4v) is 1.79. The number of nitrogens with one attached hydrogen (secondary N) is 2. The largest absolute Gasteiger partial charge is 0.273 e. The smallest absolute Gasteiger partial charge is 0.214 e. The maximum atomic E-state index is 5.10. The Labute approximate surface area is 96.8 Å². The minimum atomic E-state index is 0.532. The number of amidine groups is 1. The van der Waals surface area contributed by atoms with Gasteiger partial charge in [0.05, 0.1) is 0 Å². The normalized spacial score (nSPS) is 13.9. The molecule has 80 valence electrons. The summed E-state index contributed by atoms with van der Waals surface area (Å²) in [6, 6.07) is 9.93. The average molecular weight is 231 g/mol. The zero-order valence-electron chi connectivity index (χ0n) is 8.34. The first-order valence-corrected chi connectivity index (χ1v) is 5.28. The van der Waals surface area contributed by atoms with Gasteiger partial charge < -0.3 is 0 Å². The van der Waals surface area contributed by atoms with Crippen LogP contribution in [0.1, 0.15) is 11.4 Å². The number of aromatic nitrogens is 3. The highest BCUT2D eigenvalue weighted by Crippen LogP contribution is 2.08. The van der Waals surface area contributed by atoms with Gasteiger partial charge in [-0.2, -0.15) is 5.10 Å². The van der Waals surface area contributed by atoms with Crippen molar-refractivity contribution < 1.29 is 0 Å². The van der Waals surface area contributed by atoms with Gasteiger partial charge in [0.2, 0.25) is 4.77 Å². The van der Waals surface area contributed by atoms with Gasteiger partial charge in [-0.05, 0) is 12.2 Å². The van der Waals surface area contributed by atoms with Crippen LogP contribution in [0.3, 0.4) is 0 Å². The summed E-state index contributed by atoms with van der Waals surface area (Å²) >= 11 is 5.10. The number of H-pyrrole nitrogens is 1. The van der Waals surface area contributed by atoms with Gasteiger partial charge in [0.1, 0.15) is 12.4 Å². The van der Waals surface area contributed by atoms with Crippen molar-refractivity contribution >= 4 is 18.1 Å². The van der Waals surface area contributed by atoms with Gasteiger partial charge in [-0.1, -0.05) is 30.3 Å². The third-order valence-electron chi connectivity index (χ3n) is 2.39. The zero-order valence-corrected chi connectivity index (χ0v) is 9.16. The van der Waals surface area contributed by atoms with Gasteiger partial charge >= 0.3 is 0 Å². The summed E-state index contributed by atoms with van der Waals surface area (Å²) in [7, 11) is 0. The molecule has 16 heavy (non-hydrogen) atoms. The molecule has 2 aromatic rings. The Bertz CT molecular complexity index is 595. The van der Waals surface area contributed by atoms with Crippen LogP contribution in [0.25, 0.3) is 0 Å². The van der Waals surface area contributed by atoms with E-state index in [2.05, 4.69) is 20.6 Å². The summed E-state index contributed by atoms with van der Waals surface area (Å²) in [6.45, 7) is 0.532. The van der Waals surface area contributed by atoms with Crippen molar-refractivity contribution in [3.05, 3.63) is 46.5 Å². The summed E-state index contributed by atoms with van der Waals surface area (Å²) in [5.41, 5.74) is 4.17. The lowest BCUT2D eigenvalue weighted by Crippen LogP contribution is -2.29. The maximum Gasteiger partial charge on any atom is 0.214 e. The molecule has 0 radical (unpaired) electrons. The molecule has 0 fully saturated rings. The van der Waals surface area contributed by atoms with Gasteiger partial charge in [0.15, 0.2) is 5.82 Å². The lowest BCUT2D eigenvalue weighted by molar-refractivity contribution is 0.789. The molecule has 1 aliphatic heterocycles. The highest BCUT2D eigenvalue weighted by atomic mass is 32.1. The van der Waals surface area contributed by atoms with E-state index in [0.29, 0.717) is 11.3 Å². The molecule has 0 spiro atoms. The second-order valence-electron chi connectivity index (χ2n) is 3.42. The van der Waals surface area contributed by atoms with E-state index < -0.39 is 0 Å². The van der Waals surface area contributed by atoms with Gasteiger partial charge in [-0.3, -0.25) is 15.5 Å². The minimum Gasteiger partial charge on any atom is -0.273 e. The Hall–Kier alpha value is -1.95. The van der Waals surface area contributed by atoms with Crippen LogP contribution in [0, 0.1) is 4.77 Å². The maximum absolute atomic E-state index is 5.10. The second kappa shape index (κ2) is 3.57. The first kappa shape index (κ1) is 9.29. The number of rotatable bonds is 1. The van der Waals surface area contributed by atoms with Crippen LogP contribution in [-0.4, -0.2) is 20.7 Å². The van der Waals surface area contributed by atoms with Crippen LogP contribution >= 0.6 is 12.2 Å². The van der Waals surface area contributed by atoms with Gasteiger partial charge in [0.25, 0.3) is 0 Å².